The summed E-state index contributed by atoms with van der Waals surface area (Å²) in [7, 11) is 0. The highest BCUT2D eigenvalue weighted by Gasteiger charge is 2.66. The second-order valence-electron chi connectivity index (χ2n) is 6.32. The van der Waals surface area contributed by atoms with Gasteiger partial charge in [-0.1, -0.05) is 26.0 Å². The van der Waals surface area contributed by atoms with Crippen LogP contribution in [-0.2, 0) is 14.3 Å². The van der Waals surface area contributed by atoms with Crippen LogP contribution in [0.1, 0.15) is 40.0 Å². The van der Waals surface area contributed by atoms with Gasteiger partial charge in [0.15, 0.2) is 0 Å². The van der Waals surface area contributed by atoms with Crippen LogP contribution in [0.15, 0.2) is 25.3 Å². The van der Waals surface area contributed by atoms with E-state index >= 15 is 0 Å². The fourth-order valence-corrected chi connectivity index (χ4v) is 3.06. The van der Waals surface area contributed by atoms with Crippen LogP contribution in [0.3, 0.4) is 0 Å². The summed E-state index contributed by atoms with van der Waals surface area (Å²) in [4.78, 5) is 24.3. The molecule has 2 atom stereocenters. The molecule has 1 rings (SSSR count). The summed E-state index contributed by atoms with van der Waals surface area (Å²) in [5.41, 5.74) is -1.96. The Morgan fingerprint density at radius 1 is 1.36 bits per heavy atom. The number of carboxylic acid groups (broad SMARTS) is 1. The molecule has 1 fully saturated rings. The first-order valence-corrected chi connectivity index (χ1v) is 7.65. The van der Waals surface area contributed by atoms with Crippen molar-refractivity contribution >= 4 is 11.9 Å². The van der Waals surface area contributed by atoms with Crippen molar-refractivity contribution in [2.75, 3.05) is 6.61 Å². The molecule has 2 N–H and O–H groups in total. The molecule has 1 aliphatic rings. The summed E-state index contributed by atoms with van der Waals surface area (Å²) in [6, 6.07) is 0. The van der Waals surface area contributed by atoms with Gasteiger partial charge in [0.05, 0.1) is 6.10 Å². The third-order valence-corrected chi connectivity index (χ3v) is 4.74. The maximum absolute atomic E-state index is 12.5. The molecule has 2 unspecified atom stereocenters. The molecule has 0 radical (unpaired) electrons. The minimum absolute atomic E-state index is 0.175. The predicted molar refractivity (Wildman–Crippen MR) is 85.4 cm³/mol. The van der Waals surface area contributed by atoms with Crippen molar-refractivity contribution in [2.45, 2.75) is 51.7 Å². The molecule has 0 aromatic heterocycles. The van der Waals surface area contributed by atoms with Gasteiger partial charge in [0, 0.05) is 24.4 Å². The molecule has 0 bridgehead atoms. The Morgan fingerprint density at radius 2 is 1.91 bits per heavy atom. The molecule has 0 saturated heterocycles. The average Bonchev–Trinajstić information content (AvgIpc) is 2.45. The number of aliphatic carboxylic acids is 1. The second-order valence-corrected chi connectivity index (χ2v) is 6.32. The van der Waals surface area contributed by atoms with Gasteiger partial charge in [-0.05, 0) is 19.8 Å². The lowest BCUT2D eigenvalue weighted by atomic mass is 9.54. The highest BCUT2D eigenvalue weighted by Crippen LogP contribution is 2.51. The average molecular weight is 309 g/mol. The van der Waals surface area contributed by atoms with Crippen LogP contribution in [0, 0.1) is 11.3 Å². The van der Waals surface area contributed by atoms with Gasteiger partial charge in [0.25, 0.3) is 0 Å². The minimum Gasteiger partial charge on any atom is -0.479 e. The monoisotopic (exact) mass is 309 g/mol. The maximum atomic E-state index is 12.5. The molecule has 0 heterocycles. The van der Waals surface area contributed by atoms with Crippen LogP contribution < -0.4 is 5.32 Å². The zero-order chi connectivity index (χ0) is 17.0. The van der Waals surface area contributed by atoms with E-state index in [2.05, 4.69) is 18.5 Å². The van der Waals surface area contributed by atoms with Crippen LogP contribution in [0.4, 0.5) is 0 Å². The molecule has 1 aliphatic carbocycles. The lowest BCUT2D eigenvalue weighted by molar-refractivity contribution is -0.195. The lowest BCUT2D eigenvalue weighted by Crippen LogP contribution is -2.76. The smallest absolute Gasteiger partial charge is 0.330 e. The molecule has 5 nitrogen and oxygen atoms in total. The topological polar surface area (TPSA) is 75.6 Å². The number of carboxylic acids is 1. The Bertz CT molecular complexity index is 448. The Balaban J connectivity index is 2.94. The first kappa shape index (κ1) is 18.4. The molecule has 124 valence electrons. The minimum atomic E-state index is -1.29. The van der Waals surface area contributed by atoms with Crippen molar-refractivity contribution in [3.63, 3.8) is 0 Å². The van der Waals surface area contributed by atoms with E-state index in [0.717, 1.165) is 0 Å². The van der Waals surface area contributed by atoms with E-state index in [1.807, 2.05) is 20.8 Å². The van der Waals surface area contributed by atoms with E-state index < -0.39 is 16.9 Å². The number of rotatable bonds is 9. The lowest BCUT2D eigenvalue weighted by Gasteiger charge is -2.58. The first-order valence-electron chi connectivity index (χ1n) is 7.65. The number of nitrogens with one attached hydrogen (secondary N) is 1. The molecule has 1 saturated carbocycles. The number of hydrogen-bond acceptors (Lipinski definition) is 3. The van der Waals surface area contributed by atoms with Crippen molar-refractivity contribution in [3.05, 3.63) is 25.3 Å². The van der Waals surface area contributed by atoms with Crippen LogP contribution in [0.25, 0.3) is 0 Å². The SMILES string of the molecule is C=CCC(CC=C)C(=O)NC1(C(=O)O)CC(OCC)C1(C)C. The number of carbonyl (C=O) groups is 2. The van der Waals surface area contributed by atoms with Crippen LogP contribution in [0.5, 0.6) is 0 Å². The number of carbonyl (C=O) groups excluding carboxylic acids is 1. The number of amides is 1. The largest absolute Gasteiger partial charge is 0.479 e. The van der Waals surface area contributed by atoms with E-state index in [9.17, 15) is 14.7 Å². The first-order chi connectivity index (χ1) is 10.3. The molecule has 1 amide bonds. The highest BCUT2D eigenvalue weighted by atomic mass is 16.5. The van der Waals surface area contributed by atoms with Crippen molar-refractivity contribution in [1.82, 2.24) is 5.32 Å². The number of allylic oxidation sites excluding steroid dienone is 2. The Labute approximate surface area is 132 Å². The van der Waals surface area contributed by atoms with Gasteiger partial charge in [0.2, 0.25) is 5.91 Å². The van der Waals surface area contributed by atoms with Crippen LogP contribution in [0.2, 0.25) is 0 Å². The molecule has 0 aliphatic heterocycles. The van der Waals surface area contributed by atoms with Gasteiger partial charge in [0.1, 0.15) is 5.54 Å². The quantitative estimate of drug-likeness (QED) is 0.642. The summed E-state index contributed by atoms with van der Waals surface area (Å²) in [5, 5.41) is 12.4. The van der Waals surface area contributed by atoms with E-state index in [-0.39, 0.29) is 24.3 Å². The summed E-state index contributed by atoms with van der Waals surface area (Å²) >= 11 is 0. The zero-order valence-electron chi connectivity index (χ0n) is 13.7. The molecular weight excluding hydrogens is 282 g/mol. The van der Waals surface area contributed by atoms with Gasteiger partial charge >= 0.3 is 5.97 Å². The summed E-state index contributed by atoms with van der Waals surface area (Å²) in [6.45, 7) is 13.3. The number of ether oxygens (including phenoxy) is 1. The van der Waals surface area contributed by atoms with Crippen molar-refractivity contribution in [2.24, 2.45) is 11.3 Å². The summed E-state index contributed by atoms with van der Waals surface area (Å²) in [6.07, 6.45) is 4.41. The zero-order valence-corrected chi connectivity index (χ0v) is 13.7. The number of hydrogen-bond donors (Lipinski definition) is 2. The summed E-state index contributed by atoms with van der Waals surface area (Å²) in [5.74, 6) is -1.63. The van der Waals surface area contributed by atoms with E-state index in [4.69, 9.17) is 4.74 Å². The normalized spacial score (nSPS) is 26.1. The second kappa shape index (κ2) is 7.09. The molecular formula is C17H27NO4. The maximum Gasteiger partial charge on any atom is 0.330 e. The van der Waals surface area contributed by atoms with E-state index in [0.29, 0.717) is 19.4 Å². The van der Waals surface area contributed by atoms with Crippen molar-refractivity contribution in [1.29, 1.82) is 0 Å². The van der Waals surface area contributed by atoms with Gasteiger partial charge < -0.3 is 15.2 Å². The van der Waals surface area contributed by atoms with E-state index in [1.165, 1.54) is 0 Å². The molecule has 0 aromatic rings. The molecule has 0 spiro atoms. The van der Waals surface area contributed by atoms with Gasteiger partial charge in [-0.2, -0.15) is 0 Å². The Hall–Kier alpha value is -1.62. The third kappa shape index (κ3) is 3.09. The van der Waals surface area contributed by atoms with Gasteiger partial charge in [-0.25, -0.2) is 4.79 Å². The van der Waals surface area contributed by atoms with Crippen LogP contribution in [-0.4, -0.2) is 35.2 Å². The standard InChI is InChI=1S/C17H27NO4/c1-6-9-12(10-7-2)14(19)18-17(15(20)21)11-13(22-8-3)16(17,4)5/h6-7,12-13H,1-2,8-11H2,3-5H3,(H,18,19)(H,20,21). The highest BCUT2D eigenvalue weighted by molar-refractivity contribution is 5.90. The Morgan fingerprint density at radius 3 is 2.27 bits per heavy atom. The predicted octanol–water partition coefficient (Wildman–Crippen LogP) is 2.53. The Kier molecular flexibility index (Phi) is 5.94. The van der Waals surface area contributed by atoms with E-state index in [1.54, 1.807) is 12.2 Å². The third-order valence-electron chi connectivity index (χ3n) is 4.74. The van der Waals surface area contributed by atoms with Crippen molar-refractivity contribution < 1.29 is 19.4 Å². The fourth-order valence-electron chi connectivity index (χ4n) is 3.06. The van der Waals surface area contributed by atoms with Gasteiger partial charge in [-0.15, -0.1) is 13.2 Å². The molecule has 0 aromatic carbocycles. The van der Waals surface area contributed by atoms with Gasteiger partial charge in [-0.3, -0.25) is 4.79 Å². The molecule has 22 heavy (non-hydrogen) atoms. The fraction of sp³-hybridized carbons (Fsp3) is 0.647. The molecule has 5 heteroatoms. The van der Waals surface area contributed by atoms with Crippen LogP contribution >= 0.6 is 0 Å². The summed E-state index contributed by atoms with van der Waals surface area (Å²) < 4.78 is 5.59. The van der Waals surface area contributed by atoms with Crippen molar-refractivity contribution in [3.8, 4) is 0 Å².